The van der Waals surface area contributed by atoms with Crippen molar-refractivity contribution in [1.82, 2.24) is 42.5 Å². The third kappa shape index (κ3) is 26.0. The average molecular weight is 1050 g/mol. The zero-order chi connectivity index (χ0) is 54.5. The molecule has 0 fully saturated rings. The van der Waals surface area contributed by atoms with Gasteiger partial charge >= 0.3 is 11.9 Å². The number of thiol groups is 2. The molecule has 0 unspecified atom stereocenters. The van der Waals surface area contributed by atoms with E-state index in [1.807, 2.05) is 0 Å². The van der Waals surface area contributed by atoms with Crippen molar-refractivity contribution in [3.8, 4) is 0 Å². The van der Waals surface area contributed by atoms with Crippen molar-refractivity contribution in [1.29, 1.82) is 0 Å². The number of guanidine groups is 2. The van der Waals surface area contributed by atoms with Crippen LogP contribution in [0.25, 0.3) is 0 Å². The highest BCUT2D eigenvalue weighted by atomic mass is 32.1. The van der Waals surface area contributed by atoms with E-state index in [0.717, 1.165) is 0 Å². The van der Waals surface area contributed by atoms with E-state index in [0.29, 0.717) is 6.42 Å². The maximum Gasteiger partial charge on any atom is 0.327 e. The van der Waals surface area contributed by atoms with E-state index in [1.54, 1.807) is 27.7 Å². The van der Waals surface area contributed by atoms with Crippen LogP contribution in [0.2, 0.25) is 0 Å². The zero-order valence-electron chi connectivity index (χ0n) is 40.8. The highest BCUT2D eigenvalue weighted by Gasteiger charge is 2.35. The first-order valence-corrected chi connectivity index (χ1v) is 24.1. The van der Waals surface area contributed by atoms with Gasteiger partial charge in [0.1, 0.15) is 48.3 Å². The van der Waals surface area contributed by atoms with E-state index in [-0.39, 0.29) is 87.5 Å². The Kier molecular flexibility index (Phi) is 31.3. The number of nitrogens with two attached hydrogens (primary N) is 6. The number of aliphatic carboxylic acids is 2. The Bertz CT molecular complexity index is 1870. The van der Waals surface area contributed by atoms with E-state index in [9.17, 15) is 58.2 Å². The standard InChI is InChI=1S/C41H76N16O12S2/c1-19(2)29(43)37(66)57-30(20(3)4)38(67)55-26(17-70)36(65)53-23(11-8-14-48-40(44)45)32(61)50-21(5)31(60)54-25(16-28(58)59)35(64)52-22(10-6-7-13-42)33(62)51-24(12-9-15-49-41(46)47)34(63)56-27(18-71)39(68)69/h19-27,29-30,70-71H,6-18,42-43H2,1-5H3,(H,50,61)(H,51,62)(H,52,64)(H,53,65)(H,54,60)(H,55,67)(H,56,63)(H,57,66)(H,58,59)(H,68,69)(H4,44,45,48)(H4,46,47,49)/t21-,22-,23-,24-,25-,26-,27-,29-,30-/m0/s1. The van der Waals surface area contributed by atoms with Crippen LogP contribution >= 0.6 is 25.3 Å². The van der Waals surface area contributed by atoms with Gasteiger partial charge in [0.15, 0.2) is 11.9 Å². The quantitative estimate of drug-likeness (QED) is 0.0122. The summed E-state index contributed by atoms with van der Waals surface area (Å²) in [5.41, 5.74) is 33.2. The molecule has 22 N–H and O–H groups in total. The number of carboxylic acids is 2. The lowest BCUT2D eigenvalue weighted by molar-refractivity contribution is -0.141. The first-order valence-electron chi connectivity index (χ1n) is 22.9. The molecule has 8 amide bonds. The second-order valence-corrected chi connectivity index (χ2v) is 17.8. The van der Waals surface area contributed by atoms with Crippen LogP contribution in [-0.2, 0) is 47.9 Å². The van der Waals surface area contributed by atoms with Crippen LogP contribution in [-0.4, -0.2) is 167 Å². The molecule has 0 aliphatic carbocycles. The third-order valence-electron chi connectivity index (χ3n) is 10.4. The Morgan fingerprint density at radius 3 is 1.27 bits per heavy atom. The van der Waals surface area contributed by atoms with Gasteiger partial charge in [-0.2, -0.15) is 25.3 Å². The summed E-state index contributed by atoms with van der Waals surface area (Å²) in [7, 11) is 0. The first kappa shape index (κ1) is 64.9. The van der Waals surface area contributed by atoms with E-state index in [2.05, 4.69) is 77.8 Å². The predicted octanol–water partition coefficient (Wildman–Crippen LogP) is -5.82. The monoisotopic (exact) mass is 1050 g/mol. The van der Waals surface area contributed by atoms with Crippen LogP contribution in [0.5, 0.6) is 0 Å². The number of amides is 8. The number of aliphatic imine (C=N–C) groups is 2. The lowest BCUT2D eigenvalue weighted by Gasteiger charge is -2.28. The van der Waals surface area contributed by atoms with Crippen LogP contribution < -0.4 is 76.9 Å². The van der Waals surface area contributed by atoms with Crippen LogP contribution in [0.3, 0.4) is 0 Å². The van der Waals surface area contributed by atoms with Crippen LogP contribution in [0.1, 0.15) is 86.0 Å². The fraction of sp³-hybridized carbons (Fsp3) is 0.707. The minimum absolute atomic E-state index is 0.0186. The summed E-state index contributed by atoms with van der Waals surface area (Å²) in [6, 6.07) is -12.3. The molecule has 404 valence electrons. The maximum absolute atomic E-state index is 13.8. The smallest absolute Gasteiger partial charge is 0.327 e. The molecule has 0 bridgehead atoms. The molecule has 0 rings (SSSR count). The van der Waals surface area contributed by atoms with E-state index < -0.39 is 126 Å². The van der Waals surface area contributed by atoms with Crippen LogP contribution in [0.4, 0.5) is 0 Å². The second-order valence-electron chi connectivity index (χ2n) is 17.1. The van der Waals surface area contributed by atoms with Gasteiger partial charge in [-0.25, -0.2) is 4.79 Å². The van der Waals surface area contributed by atoms with E-state index in [4.69, 9.17) is 34.4 Å². The summed E-state index contributed by atoms with van der Waals surface area (Å²) in [5.74, 6) is -11.8. The molecule has 0 aliphatic rings. The van der Waals surface area contributed by atoms with E-state index in [1.165, 1.54) is 6.92 Å². The summed E-state index contributed by atoms with van der Waals surface area (Å²) in [6.07, 6.45) is -0.406. The maximum atomic E-state index is 13.8. The zero-order valence-corrected chi connectivity index (χ0v) is 42.6. The molecule has 71 heavy (non-hydrogen) atoms. The molecule has 9 atom stereocenters. The third-order valence-corrected chi connectivity index (χ3v) is 11.1. The molecule has 0 aromatic heterocycles. The number of nitrogens with one attached hydrogen (secondary N) is 8. The SMILES string of the molecule is CC(C)[C@H](N)C(=O)N[C@H](C(=O)N[C@@H](CS)C(=O)N[C@@H](CCCN=C(N)N)C(=O)N[C@@H](C)C(=O)N[C@@H](CC(=O)O)C(=O)N[C@@H](CCCCN)C(=O)N[C@@H](CCCN=C(N)N)C(=O)N[C@@H](CS)C(=O)O)C(C)C. The number of rotatable bonds is 35. The topological polar surface area (TPSA) is 488 Å². The molecule has 0 saturated heterocycles. The Morgan fingerprint density at radius 2 is 0.873 bits per heavy atom. The van der Waals surface area contributed by atoms with Crippen molar-refractivity contribution >= 4 is 96.4 Å². The lowest BCUT2D eigenvalue weighted by atomic mass is 10.00. The number of nitrogens with zero attached hydrogens (tertiary/aromatic N) is 2. The highest BCUT2D eigenvalue weighted by molar-refractivity contribution is 7.80. The van der Waals surface area contributed by atoms with E-state index >= 15 is 0 Å². The number of hydrogen-bond donors (Lipinski definition) is 18. The fourth-order valence-corrected chi connectivity index (χ4v) is 6.69. The lowest BCUT2D eigenvalue weighted by Crippen LogP contribution is -2.61. The molecular formula is C41H76N16O12S2. The van der Waals surface area contributed by atoms with Crippen molar-refractivity contribution in [3.63, 3.8) is 0 Å². The minimum atomic E-state index is -1.84. The summed E-state index contributed by atoms with van der Waals surface area (Å²) < 4.78 is 0. The molecule has 28 nitrogen and oxygen atoms in total. The number of carboxylic acid groups (broad SMARTS) is 2. The molecule has 0 aliphatic heterocycles. The molecule has 0 spiro atoms. The van der Waals surface area contributed by atoms with Crippen LogP contribution in [0, 0.1) is 11.8 Å². The summed E-state index contributed by atoms with van der Waals surface area (Å²) in [4.78, 5) is 139. The molecule has 0 aromatic carbocycles. The predicted molar refractivity (Wildman–Crippen MR) is 269 cm³/mol. The second kappa shape index (κ2) is 34.2. The van der Waals surface area contributed by atoms with Gasteiger partial charge in [0.2, 0.25) is 47.3 Å². The minimum Gasteiger partial charge on any atom is -0.481 e. The van der Waals surface area contributed by atoms with Crippen molar-refractivity contribution in [2.75, 3.05) is 31.1 Å². The Morgan fingerprint density at radius 1 is 0.479 bits per heavy atom. The Hall–Kier alpha value is -6.14. The van der Waals surface area contributed by atoms with Crippen molar-refractivity contribution < 1.29 is 58.2 Å². The summed E-state index contributed by atoms with van der Waals surface area (Å²) >= 11 is 8.15. The van der Waals surface area contributed by atoms with Crippen molar-refractivity contribution in [2.45, 2.75) is 140 Å². The Balaban J connectivity index is 6.44. The van der Waals surface area contributed by atoms with Gasteiger partial charge in [0, 0.05) is 24.6 Å². The number of unbranched alkanes of at least 4 members (excludes halogenated alkanes) is 1. The Labute approximate surface area is 423 Å². The van der Waals surface area contributed by atoms with Gasteiger partial charge in [0.05, 0.1) is 12.5 Å². The first-order chi connectivity index (χ1) is 33.2. The highest BCUT2D eigenvalue weighted by Crippen LogP contribution is 2.10. The van der Waals surface area contributed by atoms with Crippen LogP contribution in [0.15, 0.2) is 9.98 Å². The molecule has 0 aromatic rings. The number of carbonyl (C=O) groups is 10. The molecule has 0 heterocycles. The fourth-order valence-electron chi connectivity index (χ4n) is 6.18. The average Bonchev–Trinajstić information content (AvgIpc) is 3.28. The normalized spacial score (nSPS) is 14.8. The van der Waals surface area contributed by atoms with Gasteiger partial charge in [0.25, 0.3) is 0 Å². The van der Waals surface area contributed by atoms with Crippen molar-refractivity contribution in [2.24, 2.45) is 56.2 Å². The summed E-state index contributed by atoms with van der Waals surface area (Å²) in [5, 5.41) is 38.7. The summed E-state index contributed by atoms with van der Waals surface area (Å²) in [6.45, 7) is 8.25. The largest absolute Gasteiger partial charge is 0.481 e. The van der Waals surface area contributed by atoms with Crippen molar-refractivity contribution in [3.05, 3.63) is 0 Å². The number of hydrogen-bond acceptors (Lipinski definition) is 16. The van der Waals surface area contributed by atoms with Gasteiger partial charge in [-0.1, -0.05) is 27.7 Å². The van der Waals surface area contributed by atoms with Gasteiger partial charge in [-0.3, -0.25) is 53.1 Å². The van der Waals surface area contributed by atoms with Gasteiger partial charge < -0.3 is 87.1 Å². The molecule has 30 heteroatoms. The number of carbonyl (C=O) groups excluding carboxylic acids is 8. The molecule has 0 radical (unpaired) electrons. The molecular weight excluding hydrogens is 973 g/mol. The molecule has 0 saturated carbocycles. The van der Waals surface area contributed by atoms with Gasteiger partial charge in [-0.15, -0.1) is 0 Å². The van der Waals surface area contributed by atoms with Gasteiger partial charge in [-0.05, 0) is 70.3 Å².